The van der Waals surface area contributed by atoms with Crippen LogP contribution < -0.4 is 4.74 Å². The summed E-state index contributed by atoms with van der Waals surface area (Å²) in [4.78, 5) is 4.37. The van der Waals surface area contributed by atoms with Gasteiger partial charge in [-0.05, 0) is 24.6 Å². The Balaban J connectivity index is 2.74. The molecule has 0 saturated heterocycles. The Morgan fingerprint density at radius 2 is 2.20 bits per heavy atom. The van der Waals surface area contributed by atoms with Crippen LogP contribution in [-0.4, -0.2) is 17.2 Å². The lowest BCUT2D eigenvalue weighted by atomic mass is 10.1. The minimum atomic E-state index is 0.231. The summed E-state index contributed by atoms with van der Waals surface area (Å²) in [7, 11) is 1.61. The van der Waals surface area contributed by atoms with Crippen molar-refractivity contribution in [1.82, 2.24) is 4.98 Å². The Morgan fingerprint density at radius 1 is 1.40 bits per heavy atom. The predicted octanol–water partition coefficient (Wildman–Crippen LogP) is 2.51. The summed E-state index contributed by atoms with van der Waals surface area (Å²) in [6, 6.07) is 7.37. The molecule has 1 aromatic carbocycles. The first-order chi connectivity index (χ1) is 7.26. The van der Waals surface area contributed by atoms with Gasteiger partial charge in [-0.3, -0.25) is 0 Å². The van der Waals surface area contributed by atoms with Crippen LogP contribution in [-0.2, 0) is 6.42 Å². The van der Waals surface area contributed by atoms with Gasteiger partial charge >= 0.3 is 0 Å². The Hall–Kier alpha value is -1.77. The quantitative estimate of drug-likeness (QED) is 0.815. The monoisotopic (exact) mass is 203 g/mol. The van der Waals surface area contributed by atoms with Crippen LogP contribution in [0.3, 0.4) is 0 Å². The molecule has 0 bridgehead atoms. The van der Waals surface area contributed by atoms with E-state index in [0.29, 0.717) is 0 Å². The molecule has 0 aliphatic heterocycles. The van der Waals surface area contributed by atoms with Gasteiger partial charge in [-0.1, -0.05) is 13.0 Å². The third-order valence-electron chi connectivity index (χ3n) is 2.43. The second-order valence-corrected chi connectivity index (χ2v) is 3.33. The number of benzene rings is 1. The number of aromatic nitrogens is 1. The van der Waals surface area contributed by atoms with Crippen molar-refractivity contribution in [1.29, 1.82) is 0 Å². The standard InChI is InChI=1S/C12H13NO2/c1-3-9-11(14)7-8-10(13-9)5-4-6-12(8)15-2/h4-7,14H,3H2,1-2H3. The zero-order valence-corrected chi connectivity index (χ0v) is 8.82. The fourth-order valence-electron chi connectivity index (χ4n) is 1.64. The minimum Gasteiger partial charge on any atom is -0.506 e. The molecule has 2 aromatic rings. The van der Waals surface area contributed by atoms with E-state index in [4.69, 9.17) is 4.74 Å². The average Bonchev–Trinajstić information content (AvgIpc) is 2.27. The van der Waals surface area contributed by atoms with Gasteiger partial charge in [-0.25, -0.2) is 4.98 Å². The van der Waals surface area contributed by atoms with E-state index in [2.05, 4.69) is 4.98 Å². The van der Waals surface area contributed by atoms with Crippen molar-refractivity contribution in [2.45, 2.75) is 13.3 Å². The molecule has 1 heterocycles. The summed E-state index contributed by atoms with van der Waals surface area (Å²) in [5.41, 5.74) is 1.57. The molecule has 3 heteroatoms. The summed E-state index contributed by atoms with van der Waals surface area (Å²) in [5, 5.41) is 10.6. The van der Waals surface area contributed by atoms with Crippen LogP contribution in [0.4, 0.5) is 0 Å². The molecule has 0 aliphatic rings. The van der Waals surface area contributed by atoms with E-state index >= 15 is 0 Å². The van der Waals surface area contributed by atoms with E-state index in [1.165, 1.54) is 0 Å². The van der Waals surface area contributed by atoms with Crippen molar-refractivity contribution < 1.29 is 9.84 Å². The van der Waals surface area contributed by atoms with Gasteiger partial charge in [0, 0.05) is 5.39 Å². The molecular formula is C12H13NO2. The number of nitrogens with zero attached hydrogens (tertiary/aromatic N) is 1. The van der Waals surface area contributed by atoms with Crippen LogP contribution in [0.25, 0.3) is 10.9 Å². The summed E-state index contributed by atoms with van der Waals surface area (Å²) in [6.45, 7) is 1.97. The topological polar surface area (TPSA) is 42.4 Å². The third-order valence-corrected chi connectivity index (χ3v) is 2.43. The highest BCUT2D eigenvalue weighted by molar-refractivity contribution is 5.86. The zero-order valence-electron chi connectivity index (χ0n) is 8.82. The summed E-state index contributed by atoms with van der Waals surface area (Å²) in [5.74, 6) is 0.965. The van der Waals surface area contributed by atoms with Gasteiger partial charge in [0.25, 0.3) is 0 Å². The van der Waals surface area contributed by atoms with Crippen LogP contribution in [0.1, 0.15) is 12.6 Å². The van der Waals surface area contributed by atoms with Crippen LogP contribution in [0.2, 0.25) is 0 Å². The number of methoxy groups -OCH3 is 1. The van der Waals surface area contributed by atoms with Crippen LogP contribution in [0, 0.1) is 0 Å². The molecule has 0 fully saturated rings. The van der Waals surface area contributed by atoms with Gasteiger partial charge in [0.2, 0.25) is 0 Å². The second kappa shape index (κ2) is 3.77. The van der Waals surface area contributed by atoms with Crippen LogP contribution in [0.5, 0.6) is 11.5 Å². The third kappa shape index (κ3) is 1.61. The molecule has 0 atom stereocenters. The van der Waals surface area contributed by atoms with Crippen molar-refractivity contribution in [3.8, 4) is 11.5 Å². The molecule has 0 radical (unpaired) electrons. The predicted molar refractivity (Wildman–Crippen MR) is 59.3 cm³/mol. The average molecular weight is 203 g/mol. The van der Waals surface area contributed by atoms with E-state index < -0.39 is 0 Å². The van der Waals surface area contributed by atoms with Crippen molar-refractivity contribution in [2.24, 2.45) is 0 Å². The highest BCUT2D eigenvalue weighted by Gasteiger charge is 2.07. The fourth-order valence-corrected chi connectivity index (χ4v) is 1.64. The molecular weight excluding hydrogens is 190 g/mol. The van der Waals surface area contributed by atoms with Crippen LogP contribution in [0.15, 0.2) is 24.3 Å². The first kappa shape index (κ1) is 9.77. The molecule has 0 saturated carbocycles. The molecule has 0 spiro atoms. The van der Waals surface area contributed by atoms with E-state index in [1.807, 2.05) is 25.1 Å². The molecule has 3 nitrogen and oxygen atoms in total. The maximum atomic E-state index is 9.71. The zero-order chi connectivity index (χ0) is 10.8. The minimum absolute atomic E-state index is 0.231. The molecule has 0 amide bonds. The highest BCUT2D eigenvalue weighted by Crippen LogP contribution is 2.29. The normalized spacial score (nSPS) is 10.5. The van der Waals surface area contributed by atoms with Gasteiger partial charge in [-0.15, -0.1) is 0 Å². The Morgan fingerprint density at radius 3 is 2.87 bits per heavy atom. The number of fused-ring (bicyclic) bond motifs is 1. The SMILES string of the molecule is CCc1nc2cccc(OC)c2cc1O. The molecule has 2 rings (SSSR count). The van der Waals surface area contributed by atoms with Crippen molar-refractivity contribution >= 4 is 10.9 Å². The lowest BCUT2D eigenvalue weighted by Gasteiger charge is -2.07. The number of ether oxygens (including phenoxy) is 1. The van der Waals surface area contributed by atoms with Gasteiger partial charge in [0.1, 0.15) is 11.5 Å². The van der Waals surface area contributed by atoms with Crippen molar-refractivity contribution in [3.05, 3.63) is 30.0 Å². The van der Waals surface area contributed by atoms with Gasteiger partial charge in [0.05, 0.1) is 18.3 Å². The first-order valence-electron chi connectivity index (χ1n) is 4.92. The van der Waals surface area contributed by atoms with Gasteiger partial charge < -0.3 is 9.84 Å². The van der Waals surface area contributed by atoms with E-state index in [1.54, 1.807) is 13.2 Å². The molecule has 0 aliphatic carbocycles. The fraction of sp³-hybridized carbons (Fsp3) is 0.250. The van der Waals surface area contributed by atoms with Crippen molar-refractivity contribution in [3.63, 3.8) is 0 Å². The summed E-state index contributed by atoms with van der Waals surface area (Å²) < 4.78 is 5.20. The maximum absolute atomic E-state index is 9.71. The molecule has 78 valence electrons. The molecule has 1 aromatic heterocycles. The summed E-state index contributed by atoms with van der Waals surface area (Å²) >= 11 is 0. The van der Waals surface area contributed by atoms with Gasteiger partial charge in [-0.2, -0.15) is 0 Å². The molecule has 0 unspecified atom stereocenters. The lowest BCUT2D eigenvalue weighted by molar-refractivity contribution is 0.419. The van der Waals surface area contributed by atoms with E-state index in [0.717, 1.165) is 28.8 Å². The Bertz CT molecular complexity index is 494. The Labute approximate surface area is 88.3 Å². The van der Waals surface area contributed by atoms with Crippen LogP contribution >= 0.6 is 0 Å². The molecule has 1 N–H and O–H groups in total. The van der Waals surface area contributed by atoms with E-state index in [-0.39, 0.29) is 5.75 Å². The first-order valence-corrected chi connectivity index (χ1v) is 4.92. The summed E-state index contributed by atoms with van der Waals surface area (Å²) in [6.07, 6.45) is 0.721. The number of aryl methyl sites for hydroxylation is 1. The largest absolute Gasteiger partial charge is 0.506 e. The maximum Gasteiger partial charge on any atom is 0.137 e. The lowest BCUT2D eigenvalue weighted by Crippen LogP contribution is -1.91. The second-order valence-electron chi connectivity index (χ2n) is 3.33. The van der Waals surface area contributed by atoms with Gasteiger partial charge in [0.15, 0.2) is 0 Å². The van der Waals surface area contributed by atoms with E-state index in [9.17, 15) is 5.11 Å². The number of rotatable bonds is 2. The number of aromatic hydroxyl groups is 1. The Kier molecular flexibility index (Phi) is 2.46. The highest BCUT2D eigenvalue weighted by atomic mass is 16.5. The number of hydrogen-bond acceptors (Lipinski definition) is 3. The van der Waals surface area contributed by atoms with Crippen molar-refractivity contribution in [2.75, 3.05) is 7.11 Å². The smallest absolute Gasteiger partial charge is 0.137 e. The number of hydrogen-bond donors (Lipinski definition) is 1. The number of pyridine rings is 1. The molecule has 15 heavy (non-hydrogen) atoms.